The molecule has 4 nitrogen and oxygen atoms in total. The van der Waals surface area contributed by atoms with Crippen LogP contribution < -0.4 is 5.73 Å². The van der Waals surface area contributed by atoms with Crippen LogP contribution in [0.3, 0.4) is 0 Å². The summed E-state index contributed by atoms with van der Waals surface area (Å²) in [5.41, 5.74) is 8.17. The van der Waals surface area contributed by atoms with Crippen LogP contribution in [-0.2, 0) is 6.54 Å². The topological polar surface area (TPSA) is 55.3 Å². The van der Waals surface area contributed by atoms with E-state index in [1.165, 1.54) is 19.3 Å². The van der Waals surface area contributed by atoms with Gasteiger partial charge in [-0.3, -0.25) is 4.90 Å². The van der Waals surface area contributed by atoms with Gasteiger partial charge < -0.3 is 10.2 Å². The van der Waals surface area contributed by atoms with E-state index < -0.39 is 0 Å². The number of aromatic nitrogens is 1. The highest BCUT2D eigenvalue weighted by Gasteiger charge is 2.21. The molecule has 0 radical (unpaired) electrons. The summed E-state index contributed by atoms with van der Waals surface area (Å²) in [6.45, 7) is 5.19. The van der Waals surface area contributed by atoms with Gasteiger partial charge in [-0.15, -0.1) is 0 Å². The third-order valence-corrected chi connectivity index (χ3v) is 4.00. The van der Waals surface area contributed by atoms with Crippen LogP contribution in [0.25, 0.3) is 11.1 Å². The Morgan fingerprint density at radius 3 is 2.95 bits per heavy atom. The molecule has 0 atom stereocenters. The van der Waals surface area contributed by atoms with Crippen LogP contribution in [-0.4, -0.2) is 23.0 Å². The summed E-state index contributed by atoms with van der Waals surface area (Å²) in [6, 6.07) is 5.61. The van der Waals surface area contributed by atoms with Gasteiger partial charge in [0.1, 0.15) is 5.52 Å². The minimum absolute atomic E-state index is 0.731. The highest BCUT2D eigenvalue weighted by Crippen LogP contribution is 2.27. The molecular formula is C15H21N3O. The van der Waals surface area contributed by atoms with E-state index in [1.807, 2.05) is 18.2 Å². The number of hydrogen-bond acceptors (Lipinski definition) is 4. The molecule has 1 aliphatic rings. The number of nitrogen functional groups attached to an aromatic ring is 1. The number of nitrogens with two attached hydrogens (primary N) is 1. The quantitative estimate of drug-likeness (QED) is 0.839. The van der Waals surface area contributed by atoms with Gasteiger partial charge in [0.25, 0.3) is 0 Å². The van der Waals surface area contributed by atoms with Gasteiger partial charge in [0.15, 0.2) is 5.58 Å². The average Bonchev–Trinajstić information content (AvgIpc) is 2.73. The minimum atomic E-state index is 0.731. The second-order valence-electron chi connectivity index (χ2n) is 5.46. The van der Waals surface area contributed by atoms with Crippen LogP contribution in [0.5, 0.6) is 0 Å². The molecule has 0 saturated heterocycles. The van der Waals surface area contributed by atoms with Gasteiger partial charge in [-0.2, -0.15) is 0 Å². The second-order valence-corrected chi connectivity index (χ2v) is 5.46. The van der Waals surface area contributed by atoms with Crippen molar-refractivity contribution >= 4 is 16.8 Å². The number of oxazole rings is 1. The molecule has 0 amide bonds. The lowest BCUT2D eigenvalue weighted by Crippen LogP contribution is -2.32. The Kier molecular flexibility index (Phi) is 3.42. The van der Waals surface area contributed by atoms with Gasteiger partial charge in [0, 0.05) is 12.2 Å². The van der Waals surface area contributed by atoms with E-state index in [2.05, 4.69) is 16.8 Å². The van der Waals surface area contributed by atoms with Gasteiger partial charge >= 0.3 is 0 Å². The molecule has 1 saturated carbocycles. The fourth-order valence-corrected chi connectivity index (χ4v) is 2.60. The Morgan fingerprint density at radius 2 is 2.26 bits per heavy atom. The van der Waals surface area contributed by atoms with Crippen molar-refractivity contribution in [1.82, 2.24) is 9.88 Å². The zero-order valence-corrected chi connectivity index (χ0v) is 11.4. The molecule has 1 aliphatic carbocycles. The third kappa shape index (κ3) is 2.73. The zero-order valence-electron chi connectivity index (χ0n) is 11.4. The molecule has 4 heteroatoms. The van der Waals surface area contributed by atoms with Crippen LogP contribution >= 0.6 is 0 Å². The molecule has 102 valence electrons. The fraction of sp³-hybridized carbons (Fsp3) is 0.533. The maximum atomic E-state index is 5.78. The Morgan fingerprint density at radius 1 is 1.42 bits per heavy atom. The van der Waals surface area contributed by atoms with Gasteiger partial charge in [-0.05, 0) is 43.5 Å². The van der Waals surface area contributed by atoms with Crippen LogP contribution in [0.1, 0.15) is 32.1 Å². The molecule has 1 fully saturated rings. The van der Waals surface area contributed by atoms with Crippen LogP contribution in [0.15, 0.2) is 22.6 Å². The molecule has 0 bridgehead atoms. The Balaban J connectivity index is 1.71. The molecule has 1 aromatic heterocycles. The van der Waals surface area contributed by atoms with Crippen molar-refractivity contribution in [2.75, 3.05) is 18.8 Å². The Labute approximate surface area is 113 Å². The lowest BCUT2D eigenvalue weighted by molar-refractivity contribution is 0.167. The first kappa shape index (κ1) is 12.5. The Hall–Kier alpha value is -1.55. The van der Waals surface area contributed by atoms with Gasteiger partial charge in [0.2, 0.25) is 5.89 Å². The summed E-state index contributed by atoms with van der Waals surface area (Å²) in [6.07, 6.45) is 4.14. The van der Waals surface area contributed by atoms with E-state index in [4.69, 9.17) is 10.2 Å². The zero-order chi connectivity index (χ0) is 13.2. The van der Waals surface area contributed by atoms with Crippen molar-refractivity contribution in [2.45, 2.75) is 32.7 Å². The number of anilines is 1. The fourth-order valence-electron chi connectivity index (χ4n) is 2.60. The summed E-state index contributed by atoms with van der Waals surface area (Å²) < 4.78 is 5.78. The van der Waals surface area contributed by atoms with Crippen molar-refractivity contribution in [3.05, 3.63) is 24.1 Å². The first-order valence-corrected chi connectivity index (χ1v) is 7.12. The molecule has 19 heavy (non-hydrogen) atoms. The summed E-state index contributed by atoms with van der Waals surface area (Å²) in [5, 5.41) is 0. The molecule has 0 aliphatic heterocycles. The lowest BCUT2D eigenvalue weighted by Gasteiger charge is -2.31. The summed E-state index contributed by atoms with van der Waals surface area (Å²) in [4.78, 5) is 6.94. The van der Waals surface area contributed by atoms with Crippen LogP contribution in [0.2, 0.25) is 0 Å². The molecule has 0 spiro atoms. The van der Waals surface area contributed by atoms with Crippen molar-refractivity contribution in [3.8, 4) is 0 Å². The first-order chi connectivity index (χ1) is 9.24. The van der Waals surface area contributed by atoms with E-state index in [1.54, 1.807) is 0 Å². The van der Waals surface area contributed by atoms with Gasteiger partial charge in [-0.25, -0.2) is 4.98 Å². The van der Waals surface area contributed by atoms with E-state index >= 15 is 0 Å². The van der Waals surface area contributed by atoms with E-state index in [0.29, 0.717) is 0 Å². The maximum absolute atomic E-state index is 5.78. The van der Waals surface area contributed by atoms with E-state index in [-0.39, 0.29) is 0 Å². The predicted molar refractivity (Wildman–Crippen MR) is 76.7 cm³/mol. The second kappa shape index (κ2) is 5.21. The normalized spacial score (nSPS) is 16.1. The number of nitrogens with zero attached hydrogens (tertiary/aromatic N) is 2. The molecule has 3 rings (SSSR count). The largest absolute Gasteiger partial charge is 0.439 e. The number of fused-ring (bicyclic) bond motifs is 1. The monoisotopic (exact) mass is 259 g/mol. The van der Waals surface area contributed by atoms with E-state index in [9.17, 15) is 0 Å². The standard InChI is InChI=1S/C15H21N3O/c1-2-18(9-11-4-3-5-11)10-15-17-13-8-12(16)6-7-14(13)19-15/h6-8,11H,2-5,9-10,16H2,1H3. The molecule has 0 unspecified atom stereocenters. The average molecular weight is 259 g/mol. The molecular weight excluding hydrogens is 238 g/mol. The predicted octanol–water partition coefficient (Wildman–Crippen LogP) is 3.03. The van der Waals surface area contributed by atoms with Crippen molar-refractivity contribution in [1.29, 1.82) is 0 Å². The molecule has 1 aromatic carbocycles. The van der Waals surface area contributed by atoms with Crippen LogP contribution in [0.4, 0.5) is 5.69 Å². The number of benzene rings is 1. The summed E-state index contributed by atoms with van der Waals surface area (Å²) in [5.74, 6) is 1.67. The summed E-state index contributed by atoms with van der Waals surface area (Å²) in [7, 11) is 0. The molecule has 2 aromatic rings. The smallest absolute Gasteiger partial charge is 0.209 e. The first-order valence-electron chi connectivity index (χ1n) is 7.12. The number of hydrogen-bond donors (Lipinski definition) is 1. The van der Waals surface area contributed by atoms with Gasteiger partial charge in [-0.1, -0.05) is 13.3 Å². The van der Waals surface area contributed by atoms with Crippen molar-refractivity contribution in [3.63, 3.8) is 0 Å². The highest BCUT2D eigenvalue weighted by atomic mass is 16.3. The van der Waals surface area contributed by atoms with E-state index in [0.717, 1.165) is 48.2 Å². The highest BCUT2D eigenvalue weighted by molar-refractivity contribution is 5.76. The summed E-state index contributed by atoms with van der Waals surface area (Å²) >= 11 is 0. The third-order valence-electron chi connectivity index (χ3n) is 4.00. The Bertz CT molecular complexity index is 560. The molecule has 1 heterocycles. The lowest BCUT2D eigenvalue weighted by atomic mass is 9.85. The molecule has 2 N–H and O–H groups in total. The maximum Gasteiger partial charge on any atom is 0.209 e. The van der Waals surface area contributed by atoms with Gasteiger partial charge in [0.05, 0.1) is 6.54 Å². The minimum Gasteiger partial charge on any atom is -0.439 e. The SMILES string of the molecule is CCN(Cc1nc2cc(N)ccc2o1)CC1CCC1. The van der Waals surface area contributed by atoms with Crippen molar-refractivity contribution in [2.24, 2.45) is 5.92 Å². The van der Waals surface area contributed by atoms with Crippen LogP contribution in [0, 0.1) is 5.92 Å². The number of rotatable bonds is 5. The van der Waals surface area contributed by atoms with Crippen molar-refractivity contribution < 1.29 is 4.42 Å².